The Bertz CT molecular complexity index is 282. The Kier molecular flexibility index (Phi) is 5.54. The highest BCUT2D eigenvalue weighted by Gasteiger charge is 2.38. The van der Waals surface area contributed by atoms with Gasteiger partial charge in [-0.05, 0) is 13.8 Å². The van der Waals surface area contributed by atoms with Gasteiger partial charge in [0.25, 0.3) is 0 Å². The fraction of sp³-hybridized carbons (Fsp3) is 0.571. The number of carbonyl (C=O) groups is 3. The molecule has 5 N–H and O–H groups in total. The minimum atomic E-state index is -5.08. The number of carboxylic acid groups (broad SMARTS) is 1. The van der Waals surface area contributed by atoms with Crippen molar-refractivity contribution in [3.8, 4) is 0 Å². The van der Waals surface area contributed by atoms with Crippen molar-refractivity contribution in [2.45, 2.75) is 20.0 Å². The highest BCUT2D eigenvalue weighted by molar-refractivity contribution is 6.02. The third-order valence-corrected chi connectivity index (χ3v) is 1.47. The number of alkyl halides is 3. The summed E-state index contributed by atoms with van der Waals surface area (Å²) in [5.41, 5.74) is 8.44. The maximum Gasteiger partial charge on any atom is 0.490 e. The summed E-state index contributed by atoms with van der Waals surface area (Å²) in [5.74, 6) is -4.16. The van der Waals surface area contributed by atoms with Crippen molar-refractivity contribution in [3.05, 3.63) is 0 Å². The summed E-state index contributed by atoms with van der Waals surface area (Å²) in [7, 11) is 0. The van der Waals surface area contributed by atoms with Gasteiger partial charge in [0.15, 0.2) is 0 Å². The molecule has 94 valence electrons. The second kappa shape index (κ2) is 5.33. The molecule has 0 heterocycles. The molecular weight excluding hydrogens is 233 g/mol. The predicted octanol–water partition coefficient (Wildman–Crippen LogP) is -0.383. The summed E-state index contributed by atoms with van der Waals surface area (Å²) in [4.78, 5) is 29.7. The maximum atomic E-state index is 10.6. The number of amides is 2. The summed E-state index contributed by atoms with van der Waals surface area (Å²) in [6.07, 6.45) is -5.08. The van der Waals surface area contributed by atoms with Gasteiger partial charge in [-0.2, -0.15) is 13.2 Å². The molecule has 6 nitrogen and oxygen atoms in total. The molecule has 0 aromatic carbocycles. The Hall–Kier alpha value is -1.80. The number of halogens is 3. The molecule has 0 rings (SSSR count). The van der Waals surface area contributed by atoms with Crippen LogP contribution < -0.4 is 11.5 Å². The van der Waals surface area contributed by atoms with Crippen LogP contribution in [0.15, 0.2) is 0 Å². The molecule has 0 spiro atoms. The Morgan fingerprint density at radius 3 is 1.19 bits per heavy atom. The first-order valence-electron chi connectivity index (χ1n) is 3.73. The van der Waals surface area contributed by atoms with E-state index >= 15 is 0 Å². The molecule has 2 amide bonds. The Morgan fingerprint density at radius 2 is 1.19 bits per heavy atom. The first kappa shape index (κ1) is 16.6. The summed E-state index contributed by atoms with van der Waals surface area (Å²) >= 11 is 0. The Labute approximate surface area is 88.4 Å². The number of primary amides is 2. The molecule has 0 aliphatic carbocycles. The minimum Gasteiger partial charge on any atom is -0.475 e. The third-order valence-electron chi connectivity index (χ3n) is 1.47. The van der Waals surface area contributed by atoms with E-state index < -0.39 is 29.4 Å². The smallest absolute Gasteiger partial charge is 0.475 e. The van der Waals surface area contributed by atoms with E-state index in [1.165, 1.54) is 13.8 Å². The normalized spacial score (nSPS) is 11.1. The minimum absolute atomic E-state index is 0.699. The Morgan fingerprint density at radius 1 is 1.00 bits per heavy atom. The fourth-order valence-electron chi connectivity index (χ4n) is 0.121. The monoisotopic (exact) mass is 244 g/mol. The maximum absolute atomic E-state index is 10.6. The lowest BCUT2D eigenvalue weighted by Gasteiger charge is -2.14. The first-order valence-corrected chi connectivity index (χ1v) is 3.73. The van der Waals surface area contributed by atoms with Crippen LogP contribution in [0.3, 0.4) is 0 Å². The second-order valence-corrected chi connectivity index (χ2v) is 3.16. The zero-order valence-electron chi connectivity index (χ0n) is 8.46. The van der Waals surface area contributed by atoms with E-state index in [0.717, 1.165) is 0 Å². The lowest BCUT2D eigenvalue weighted by Crippen LogP contribution is -2.42. The van der Waals surface area contributed by atoms with E-state index in [9.17, 15) is 22.8 Å². The molecule has 0 unspecified atom stereocenters. The molecule has 0 aliphatic rings. The predicted molar refractivity (Wildman–Crippen MR) is 45.9 cm³/mol. The zero-order valence-corrected chi connectivity index (χ0v) is 8.46. The standard InChI is InChI=1S/C5H10N2O2.C2HF3O2/c1-5(2,3(6)8)4(7)9;3-2(4,5)1(6)7/h1-2H3,(H2,6,8)(H2,7,9);(H,6,7). The highest BCUT2D eigenvalue weighted by atomic mass is 19.4. The third kappa shape index (κ3) is 5.83. The lowest BCUT2D eigenvalue weighted by atomic mass is 9.92. The van der Waals surface area contributed by atoms with Crippen LogP contribution in [0.5, 0.6) is 0 Å². The van der Waals surface area contributed by atoms with Crippen LogP contribution in [0, 0.1) is 5.41 Å². The van der Waals surface area contributed by atoms with Gasteiger partial charge in [-0.3, -0.25) is 9.59 Å². The molecule has 0 saturated carbocycles. The highest BCUT2D eigenvalue weighted by Crippen LogP contribution is 2.13. The topological polar surface area (TPSA) is 123 Å². The van der Waals surface area contributed by atoms with Crippen LogP contribution >= 0.6 is 0 Å². The summed E-state index contributed by atoms with van der Waals surface area (Å²) in [5, 5.41) is 7.12. The van der Waals surface area contributed by atoms with Crippen LogP contribution in [-0.4, -0.2) is 29.1 Å². The molecule has 0 radical (unpaired) electrons. The molecule has 0 atom stereocenters. The van der Waals surface area contributed by atoms with Crippen molar-refractivity contribution >= 4 is 17.8 Å². The Balaban J connectivity index is 0. The van der Waals surface area contributed by atoms with Crippen molar-refractivity contribution < 1.29 is 32.7 Å². The molecular formula is C7H11F3N2O4. The van der Waals surface area contributed by atoms with Gasteiger partial charge < -0.3 is 16.6 Å². The fourth-order valence-corrected chi connectivity index (χ4v) is 0.121. The van der Waals surface area contributed by atoms with Crippen molar-refractivity contribution in [1.29, 1.82) is 0 Å². The largest absolute Gasteiger partial charge is 0.490 e. The number of carbonyl (C=O) groups excluding carboxylic acids is 2. The number of carboxylic acids is 1. The van der Waals surface area contributed by atoms with Crippen LogP contribution in [0.1, 0.15) is 13.8 Å². The van der Waals surface area contributed by atoms with Crippen molar-refractivity contribution in [2.24, 2.45) is 16.9 Å². The van der Waals surface area contributed by atoms with Gasteiger partial charge >= 0.3 is 12.1 Å². The second-order valence-electron chi connectivity index (χ2n) is 3.16. The summed E-state index contributed by atoms with van der Waals surface area (Å²) in [6.45, 7) is 2.77. The van der Waals surface area contributed by atoms with Gasteiger partial charge in [0.05, 0.1) is 0 Å². The number of nitrogens with two attached hydrogens (primary N) is 2. The van der Waals surface area contributed by atoms with Gasteiger partial charge in [0.1, 0.15) is 5.41 Å². The zero-order chi connectivity index (χ0) is 13.7. The van der Waals surface area contributed by atoms with Crippen LogP contribution in [0.4, 0.5) is 13.2 Å². The molecule has 0 fully saturated rings. The molecule has 0 saturated heterocycles. The molecule has 0 bridgehead atoms. The number of hydrogen-bond donors (Lipinski definition) is 3. The SMILES string of the molecule is CC(C)(C(N)=O)C(N)=O.O=C(O)C(F)(F)F. The molecule has 16 heavy (non-hydrogen) atoms. The van der Waals surface area contributed by atoms with Gasteiger partial charge in [-0.1, -0.05) is 0 Å². The average Bonchev–Trinajstić information content (AvgIpc) is 2.02. The summed E-state index contributed by atoms with van der Waals surface area (Å²) in [6, 6.07) is 0. The number of rotatable bonds is 2. The van der Waals surface area contributed by atoms with E-state index in [0.29, 0.717) is 0 Å². The first-order chi connectivity index (χ1) is 6.83. The van der Waals surface area contributed by atoms with Crippen LogP contribution in [-0.2, 0) is 14.4 Å². The van der Waals surface area contributed by atoms with Crippen LogP contribution in [0.2, 0.25) is 0 Å². The average molecular weight is 244 g/mol. The molecule has 9 heteroatoms. The van der Waals surface area contributed by atoms with Crippen molar-refractivity contribution in [2.75, 3.05) is 0 Å². The molecule has 0 aliphatic heterocycles. The molecule has 0 aromatic heterocycles. The number of hydrogen-bond acceptors (Lipinski definition) is 3. The van der Waals surface area contributed by atoms with Gasteiger partial charge in [-0.15, -0.1) is 0 Å². The van der Waals surface area contributed by atoms with Crippen LogP contribution in [0.25, 0.3) is 0 Å². The van der Waals surface area contributed by atoms with E-state index in [1.54, 1.807) is 0 Å². The lowest BCUT2D eigenvalue weighted by molar-refractivity contribution is -0.192. The quantitative estimate of drug-likeness (QED) is 0.572. The summed E-state index contributed by atoms with van der Waals surface area (Å²) < 4.78 is 31.7. The van der Waals surface area contributed by atoms with Gasteiger partial charge in [0, 0.05) is 0 Å². The van der Waals surface area contributed by atoms with E-state index in [4.69, 9.17) is 21.4 Å². The van der Waals surface area contributed by atoms with E-state index in [1.807, 2.05) is 0 Å². The van der Waals surface area contributed by atoms with Crippen molar-refractivity contribution in [3.63, 3.8) is 0 Å². The van der Waals surface area contributed by atoms with E-state index in [-0.39, 0.29) is 0 Å². The van der Waals surface area contributed by atoms with E-state index in [2.05, 4.69) is 0 Å². The number of aliphatic carboxylic acids is 1. The van der Waals surface area contributed by atoms with Crippen molar-refractivity contribution in [1.82, 2.24) is 0 Å². The van der Waals surface area contributed by atoms with Gasteiger partial charge in [0.2, 0.25) is 11.8 Å². The molecule has 0 aromatic rings. The van der Waals surface area contributed by atoms with Gasteiger partial charge in [-0.25, -0.2) is 4.79 Å².